The van der Waals surface area contributed by atoms with Crippen molar-refractivity contribution in [2.24, 2.45) is 17.8 Å². The van der Waals surface area contributed by atoms with E-state index in [0.29, 0.717) is 5.57 Å². The largest absolute Gasteiger partial charge is 0.481 e. The van der Waals surface area contributed by atoms with Crippen LogP contribution in [0.3, 0.4) is 0 Å². The second kappa shape index (κ2) is 7.59. The van der Waals surface area contributed by atoms with Crippen molar-refractivity contribution in [1.82, 2.24) is 0 Å². The summed E-state index contributed by atoms with van der Waals surface area (Å²) in [6.45, 7) is 7.23. The lowest BCUT2D eigenvalue weighted by Gasteiger charge is -2.48. The van der Waals surface area contributed by atoms with E-state index in [9.17, 15) is 19.8 Å². The number of hydrogen-bond acceptors (Lipinski definition) is 2. The highest BCUT2D eigenvalue weighted by atomic mass is 16.4. The van der Waals surface area contributed by atoms with Gasteiger partial charge in [-0.3, -0.25) is 9.59 Å². The van der Waals surface area contributed by atoms with Gasteiger partial charge in [0.25, 0.3) is 0 Å². The summed E-state index contributed by atoms with van der Waals surface area (Å²) in [5, 5.41) is 19.4. The Morgan fingerprint density at radius 3 is 1.96 bits per heavy atom. The number of rotatable bonds is 7. The molecule has 4 heteroatoms. The van der Waals surface area contributed by atoms with Crippen LogP contribution in [0, 0.1) is 17.8 Å². The van der Waals surface area contributed by atoms with Crippen LogP contribution in [-0.4, -0.2) is 22.2 Å². The van der Waals surface area contributed by atoms with Crippen LogP contribution >= 0.6 is 0 Å². The van der Waals surface area contributed by atoms with Gasteiger partial charge in [0.1, 0.15) is 0 Å². The average molecular weight is 324 g/mol. The third-order valence-corrected chi connectivity index (χ3v) is 4.42. The standard InChI is InChI=1S/C20H20O4/c1-3-5-10-13(9-4-2)15-17(19(21)22)16(18(15)20(23)24)14-11-7-6-8-12-14/h3-12,15-18H,1-2H2,(H,21,22)(H,23,24)/b10-5-,13-9+. The van der Waals surface area contributed by atoms with Crippen LogP contribution < -0.4 is 0 Å². The van der Waals surface area contributed by atoms with Gasteiger partial charge in [0.2, 0.25) is 0 Å². The van der Waals surface area contributed by atoms with Gasteiger partial charge < -0.3 is 10.2 Å². The maximum Gasteiger partial charge on any atom is 0.307 e. The van der Waals surface area contributed by atoms with E-state index in [0.717, 1.165) is 5.56 Å². The highest BCUT2D eigenvalue weighted by Crippen LogP contribution is 2.55. The van der Waals surface area contributed by atoms with Crippen LogP contribution in [0.5, 0.6) is 0 Å². The number of benzene rings is 1. The fourth-order valence-electron chi connectivity index (χ4n) is 3.46. The number of aliphatic carboxylic acids is 2. The Bertz CT molecular complexity index is 678. The molecule has 2 unspecified atom stereocenters. The van der Waals surface area contributed by atoms with Gasteiger partial charge >= 0.3 is 11.9 Å². The second-order valence-corrected chi connectivity index (χ2v) is 5.69. The molecule has 0 bridgehead atoms. The first-order chi connectivity index (χ1) is 11.5. The van der Waals surface area contributed by atoms with E-state index in [-0.39, 0.29) is 0 Å². The third-order valence-electron chi connectivity index (χ3n) is 4.42. The summed E-state index contributed by atoms with van der Waals surface area (Å²) in [6.07, 6.45) is 8.14. The minimum atomic E-state index is -0.992. The van der Waals surface area contributed by atoms with E-state index >= 15 is 0 Å². The summed E-state index contributed by atoms with van der Waals surface area (Å²) in [7, 11) is 0. The van der Waals surface area contributed by atoms with Crippen LogP contribution in [0.15, 0.2) is 79.4 Å². The van der Waals surface area contributed by atoms with Crippen molar-refractivity contribution in [1.29, 1.82) is 0 Å². The van der Waals surface area contributed by atoms with Crippen LogP contribution in [0.4, 0.5) is 0 Å². The Hall–Kier alpha value is -2.88. The maximum absolute atomic E-state index is 11.8. The molecule has 2 rings (SSSR count). The van der Waals surface area contributed by atoms with Crippen molar-refractivity contribution in [3.8, 4) is 0 Å². The minimum Gasteiger partial charge on any atom is -0.481 e. The minimum absolute atomic E-state index is 0.559. The molecule has 4 nitrogen and oxygen atoms in total. The normalized spacial score (nSPS) is 26.6. The lowest BCUT2D eigenvalue weighted by Crippen LogP contribution is -2.53. The van der Waals surface area contributed by atoms with E-state index in [1.165, 1.54) is 6.08 Å². The lowest BCUT2D eigenvalue weighted by atomic mass is 9.52. The molecule has 2 atom stereocenters. The fourth-order valence-corrected chi connectivity index (χ4v) is 3.46. The fraction of sp³-hybridized carbons (Fsp3) is 0.200. The molecule has 1 aromatic carbocycles. The number of hydrogen-bond donors (Lipinski definition) is 2. The van der Waals surface area contributed by atoms with Gasteiger partial charge in [0.15, 0.2) is 0 Å². The quantitative estimate of drug-likeness (QED) is 0.751. The Balaban J connectivity index is 2.50. The SMILES string of the molecule is C=C/C=C\C(=C/C=C)C1C(C(=O)O)C(c2ccccc2)C1C(=O)O. The van der Waals surface area contributed by atoms with E-state index in [2.05, 4.69) is 13.2 Å². The predicted octanol–water partition coefficient (Wildman–Crippen LogP) is 3.66. The van der Waals surface area contributed by atoms with Gasteiger partial charge in [-0.15, -0.1) is 0 Å². The number of carboxylic acids is 2. The van der Waals surface area contributed by atoms with Gasteiger partial charge in [-0.2, -0.15) is 0 Å². The van der Waals surface area contributed by atoms with E-state index < -0.39 is 35.6 Å². The molecule has 24 heavy (non-hydrogen) atoms. The zero-order valence-corrected chi connectivity index (χ0v) is 13.2. The van der Waals surface area contributed by atoms with Crippen LogP contribution in [0.2, 0.25) is 0 Å². The summed E-state index contributed by atoms with van der Waals surface area (Å²) in [6, 6.07) is 8.96. The molecule has 0 saturated heterocycles. The first-order valence-electron chi connectivity index (χ1n) is 7.65. The van der Waals surface area contributed by atoms with Crippen molar-refractivity contribution >= 4 is 11.9 Å². The molecule has 2 N–H and O–H groups in total. The summed E-state index contributed by atoms with van der Waals surface area (Å²) in [4.78, 5) is 23.7. The van der Waals surface area contributed by atoms with Crippen LogP contribution in [-0.2, 0) is 9.59 Å². The summed E-state index contributed by atoms with van der Waals surface area (Å²) in [5.74, 6) is -4.75. The van der Waals surface area contributed by atoms with Crippen LogP contribution in [0.25, 0.3) is 0 Å². The predicted molar refractivity (Wildman–Crippen MR) is 92.5 cm³/mol. The van der Waals surface area contributed by atoms with E-state index in [4.69, 9.17) is 0 Å². The molecule has 1 aromatic rings. The molecule has 0 amide bonds. The zero-order chi connectivity index (χ0) is 17.7. The van der Waals surface area contributed by atoms with Crippen molar-refractivity contribution in [2.75, 3.05) is 0 Å². The molecule has 0 radical (unpaired) electrons. The molecular formula is C20H20O4. The molecular weight excluding hydrogens is 304 g/mol. The molecule has 1 fully saturated rings. The smallest absolute Gasteiger partial charge is 0.307 e. The lowest BCUT2D eigenvalue weighted by molar-refractivity contribution is -0.162. The number of carboxylic acid groups (broad SMARTS) is 2. The van der Waals surface area contributed by atoms with Gasteiger partial charge in [0.05, 0.1) is 11.8 Å². The van der Waals surface area contributed by atoms with Crippen LogP contribution in [0.1, 0.15) is 11.5 Å². The molecule has 0 heterocycles. The molecule has 0 spiro atoms. The average Bonchev–Trinajstić information content (AvgIpc) is 2.51. The molecule has 0 aromatic heterocycles. The zero-order valence-electron chi connectivity index (χ0n) is 13.2. The molecule has 124 valence electrons. The first-order valence-corrected chi connectivity index (χ1v) is 7.65. The highest BCUT2D eigenvalue weighted by molar-refractivity contribution is 5.83. The maximum atomic E-state index is 11.8. The molecule has 1 saturated carbocycles. The Labute approximate surface area is 141 Å². The van der Waals surface area contributed by atoms with Gasteiger partial charge in [-0.25, -0.2) is 0 Å². The number of allylic oxidation sites excluding steroid dienone is 6. The summed E-state index contributed by atoms with van der Waals surface area (Å²) in [5.41, 5.74) is 1.37. The van der Waals surface area contributed by atoms with Crippen molar-refractivity contribution < 1.29 is 19.8 Å². The topological polar surface area (TPSA) is 74.6 Å². The van der Waals surface area contributed by atoms with E-state index in [1.807, 2.05) is 6.07 Å². The van der Waals surface area contributed by atoms with Gasteiger partial charge in [0, 0.05) is 11.8 Å². The second-order valence-electron chi connectivity index (χ2n) is 5.69. The van der Waals surface area contributed by atoms with Gasteiger partial charge in [-0.05, 0) is 11.1 Å². The summed E-state index contributed by atoms with van der Waals surface area (Å²) >= 11 is 0. The Morgan fingerprint density at radius 1 is 0.917 bits per heavy atom. The molecule has 0 aliphatic heterocycles. The first kappa shape index (κ1) is 17.5. The van der Waals surface area contributed by atoms with Crippen molar-refractivity contribution in [2.45, 2.75) is 5.92 Å². The molecule has 1 aliphatic carbocycles. The number of carbonyl (C=O) groups is 2. The van der Waals surface area contributed by atoms with E-state index in [1.54, 1.807) is 48.6 Å². The Kier molecular flexibility index (Phi) is 5.53. The monoisotopic (exact) mass is 324 g/mol. The Morgan fingerprint density at radius 2 is 1.50 bits per heavy atom. The van der Waals surface area contributed by atoms with Gasteiger partial charge in [-0.1, -0.05) is 73.9 Å². The molecule has 1 aliphatic rings. The van der Waals surface area contributed by atoms with Crippen molar-refractivity contribution in [3.05, 3.63) is 85.0 Å². The summed E-state index contributed by atoms with van der Waals surface area (Å²) < 4.78 is 0. The van der Waals surface area contributed by atoms with Crippen molar-refractivity contribution in [3.63, 3.8) is 0 Å². The highest BCUT2D eigenvalue weighted by Gasteiger charge is 2.58. The third kappa shape index (κ3) is 3.23.